The van der Waals surface area contributed by atoms with E-state index in [2.05, 4.69) is 15.4 Å². The zero-order chi connectivity index (χ0) is 21.8. The maximum Gasteiger partial charge on any atom is 0.271 e. The van der Waals surface area contributed by atoms with Crippen LogP contribution < -0.4 is 10.1 Å². The predicted molar refractivity (Wildman–Crippen MR) is 117 cm³/mol. The summed E-state index contributed by atoms with van der Waals surface area (Å²) in [5, 5.41) is 7.37. The van der Waals surface area contributed by atoms with Gasteiger partial charge in [0.2, 0.25) is 0 Å². The van der Waals surface area contributed by atoms with Gasteiger partial charge in [-0.1, -0.05) is 6.07 Å². The van der Waals surface area contributed by atoms with Crippen LogP contribution in [0.1, 0.15) is 28.6 Å². The van der Waals surface area contributed by atoms with Crippen molar-refractivity contribution in [2.75, 3.05) is 25.2 Å². The monoisotopic (exact) mass is 440 g/mol. The Morgan fingerprint density at radius 3 is 2.68 bits per heavy atom. The molecule has 0 radical (unpaired) electrons. The number of nitrogens with zero attached hydrogens (tertiary/aromatic N) is 3. The third kappa shape index (κ3) is 4.93. The van der Waals surface area contributed by atoms with Crippen molar-refractivity contribution >= 4 is 15.7 Å². The second-order valence-corrected chi connectivity index (χ2v) is 9.70. The Morgan fingerprint density at radius 2 is 2.03 bits per heavy atom. The minimum absolute atomic E-state index is 0.0264. The number of aromatic nitrogens is 3. The zero-order valence-electron chi connectivity index (χ0n) is 17.2. The second kappa shape index (κ2) is 8.89. The van der Waals surface area contributed by atoms with Crippen LogP contribution in [0.5, 0.6) is 5.75 Å². The van der Waals surface area contributed by atoms with E-state index in [-0.39, 0.29) is 29.1 Å². The molecule has 1 aliphatic rings. The SMILES string of the molecule is COc1ccc(-c2cc(C(=O)NCCc3ccccn3)nn2[C@H]2CCS(=O)(=O)C2)cc1. The molecular formula is C22H24N4O4S. The minimum atomic E-state index is -3.10. The van der Waals surface area contributed by atoms with Gasteiger partial charge in [0.05, 0.1) is 30.4 Å². The fourth-order valence-corrected chi connectivity index (χ4v) is 5.36. The third-order valence-electron chi connectivity index (χ3n) is 5.30. The molecule has 1 aromatic carbocycles. The Bertz CT molecular complexity index is 1160. The number of methoxy groups -OCH3 is 1. The van der Waals surface area contributed by atoms with Gasteiger partial charge in [0.25, 0.3) is 5.91 Å². The lowest BCUT2D eigenvalue weighted by molar-refractivity contribution is 0.0948. The van der Waals surface area contributed by atoms with Crippen LogP contribution in [0.25, 0.3) is 11.3 Å². The Kier molecular flexibility index (Phi) is 6.03. The molecule has 31 heavy (non-hydrogen) atoms. The number of rotatable bonds is 7. The van der Waals surface area contributed by atoms with Gasteiger partial charge >= 0.3 is 0 Å². The topological polar surface area (TPSA) is 103 Å². The van der Waals surface area contributed by atoms with E-state index in [0.29, 0.717) is 30.8 Å². The molecule has 0 spiro atoms. The molecule has 0 bridgehead atoms. The number of hydrogen-bond donors (Lipinski definition) is 1. The van der Waals surface area contributed by atoms with Crippen LogP contribution >= 0.6 is 0 Å². The Hall–Kier alpha value is -3.20. The van der Waals surface area contributed by atoms with Crippen molar-refractivity contribution in [1.82, 2.24) is 20.1 Å². The van der Waals surface area contributed by atoms with Gasteiger partial charge in [-0.15, -0.1) is 0 Å². The molecule has 1 atom stereocenters. The average molecular weight is 441 g/mol. The van der Waals surface area contributed by atoms with Crippen molar-refractivity contribution in [1.29, 1.82) is 0 Å². The van der Waals surface area contributed by atoms with E-state index in [1.807, 2.05) is 42.5 Å². The van der Waals surface area contributed by atoms with E-state index >= 15 is 0 Å². The number of ether oxygens (including phenoxy) is 1. The van der Waals surface area contributed by atoms with E-state index in [1.165, 1.54) is 0 Å². The van der Waals surface area contributed by atoms with E-state index in [1.54, 1.807) is 24.1 Å². The second-order valence-electron chi connectivity index (χ2n) is 7.47. The zero-order valence-corrected chi connectivity index (χ0v) is 18.0. The van der Waals surface area contributed by atoms with E-state index < -0.39 is 9.84 Å². The van der Waals surface area contributed by atoms with E-state index in [0.717, 1.165) is 11.3 Å². The van der Waals surface area contributed by atoms with Crippen LogP contribution in [-0.4, -0.2) is 54.2 Å². The molecule has 162 valence electrons. The summed E-state index contributed by atoms with van der Waals surface area (Å²) >= 11 is 0. The van der Waals surface area contributed by atoms with Crippen molar-refractivity contribution in [3.05, 3.63) is 66.1 Å². The predicted octanol–water partition coefficient (Wildman–Crippen LogP) is 2.29. The number of nitrogens with one attached hydrogen (secondary N) is 1. The maximum absolute atomic E-state index is 12.7. The normalized spacial score (nSPS) is 17.4. The van der Waals surface area contributed by atoms with Gasteiger partial charge in [0.15, 0.2) is 15.5 Å². The molecule has 1 fully saturated rings. The van der Waals surface area contributed by atoms with Crippen molar-refractivity contribution in [2.45, 2.75) is 18.9 Å². The summed E-state index contributed by atoms with van der Waals surface area (Å²) in [6, 6.07) is 14.5. The lowest BCUT2D eigenvalue weighted by atomic mass is 10.1. The highest BCUT2D eigenvalue weighted by Crippen LogP contribution is 2.31. The largest absolute Gasteiger partial charge is 0.497 e. The van der Waals surface area contributed by atoms with Gasteiger partial charge in [0.1, 0.15) is 5.75 Å². The van der Waals surface area contributed by atoms with E-state index in [4.69, 9.17) is 4.74 Å². The molecule has 9 heteroatoms. The molecule has 4 rings (SSSR count). The van der Waals surface area contributed by atoms with Crippen molar-refractivity contribution in [2.24, 2.45) is 0 Å². The Morgan fingerprint density at radius 1 is 1.23 bits per heavy atom. The molecule has 0 aliphatic carbocycles. The summed E-state index contributed by atoms with van der Waals surface area (Å²) in [5.41, 5.74) is 2.70. The molecule has 1 amide bonds. The van der Waals surface area contributed by atoms with Crippen LogP contribution in [-0.2, 0) is 16.3 Å². The molecule has 8 nitrogen and oxygen atoms in total. The highest BCUT2D eigenvalue weighted by atomic mass is 32.2. The van der Waals surface area contributed by atoms with Crippen molar-refractivity contribution in [3.63, 3.8) is 0 Å². The van der Waals surface area contributed by atoms with Crippen LogP contribution in [0.4, 0.5) is 0 Å². The van der Waals surface area contributed by atoms with Crippen molar-refractivity contribution < 1.29 is 17.9 Å². The number of amides is 1. The van der Waals surface area contributed by atoms with Crippen LogP contribution in [0, 0.1) is 0 Å². The lowest BCUT2D eigenvalue weighted by Gasteiger charge is -2.13. The number of carbonyl (C=O) groups excluding carboxylic acids is 1. The van der Waals surface area contributed by atoms with Gasteiger partial charge in [-0.2, -0.15) is 5.10 Å². The smallest absolute Gasteiger partial charge is 0.271 e. The van der Waals surface area contributed by atoms with Gasteiger partial charge < -0.3 is 10.1 Å². The number of benzene rings is 1. The summed E-state index contributed by atoms with van der Waals surface area (Å²) in [6.45, 7) is 0.429. The molecule has 3 aromatic rings. The first kappa shape index (κ1) is 21.0. The van der Waals surface area contributed by atoms with Crippen LogP contribution in [0.3, 0.4) is 0 Å². The molecule has 0 unspecified atom stereocenters. The van der Waals surface area contributed by atoms with Gasteiger partial charge in [-0.3, -0.25) is 14.5 Å². The average Bonchev–Trinajstić information content (AvgIpc) is 3.38. The summed E-state index contributed by atoms with van der Waals surface area (Å²) in [7, 11) is -1.50. The highest BCUT2D eigenvalue weighted by Gasteiger charge is 2.32. The number of pyridine rings is 1. The first-order chi connectivity index (χ1) is 14.9. The van der Waals surface area contributed by atoms with Gasteiger partial charge in [0, 0.05) is 30.4 Å². The maximum atomic E-state index is 12.7. The van der Waals surface area contributed by atoms with Crippen molar-refractivity contribution in [3.8, 4) is 17.0 Å². The highest BCUT2D eigenvalue weighted by molar-refractivity contribution is 7.91. The third-order valence-corrected chi connectivity index (χ3v) is 7.05. The molecular weight excluding hydrogens is 416 g/mol. The number of hydrogen-bond acceptors (Lipinski definition) is 6. The minimum Gasteiger partial charge on any atom is -0.497 e. The Labute approximate surface area is 181 Å². The molecule has 1 saturated heterocycles. The lowest BCUT2D eigenvalue weighted by Crippen LogP contribution is -2.26. The summed E-state index contributed by atoms with van der Waals surface area (Å²) in [6.07, 6.45) is 2.81. The van der Waals surface area contributed by atoms with Gasteiger partial charge in [-0.05, 0) is 48.9 Å². The van der Waals surface area contributed by atoms with Gasteiger partial charge in [-0.25, -0.2) is 8.42 Å². The summed E-state index contributed by atoms with van der Waals surface area (Å²) in [5.74, 6) is 0.570. The standard InChI is InChI=1S/C22H24N4O4S/c1-30-19-7-5-16(6-8-19)21-14-20(25-26(21)18-10-13-31(28,29)15-18)22(27)24-12-9-17-4-2-3-11-23-17/h2-8,11,14,18H,9-10,12-13,15H2,1H3,(H,24,27)/t18-/m0/s1. The molecule has 2 aromatic heterocycles. The summed E-state index contributed by atoms with van der Waals surface area (Å²) in [4.78, 5) is 17.0. The molecule has 1 N–H and O–H groups in total. The molecule has 1 aliphatic heterocycles. The fourth-order valence-electron chi connectivity index (χ4n) is 3.67. The first-order valence-corrected chi connectivity index (χ1v) is 11.9. The Balaban J connectivity index is 1.57. The molecule has 0 saturated carbocycles. The van der Waals surface area contributed by atoms with Crippen LogP contribution in [0.15, 0.2) is 54.7 Å². The fraction of sp³-hybridized carbons (Fsp3) is 0.318. The summed E-state index contributed by atoms with van der Waals surface area (Å²) < 4.78 is 30.9. The number of carbonyl (C=O) groups is 1. The first-order valence-electron chi connectivity index (χ1n) is 10.1. The molecule has 3 heterocycles. The van der Waals surface area contributed by atoms with Crippen LogP contribution in [0.2, 0.25) is 0 Å². The van der Waals surface area contributed by atoms with E-state index in [9.17, 15) is 13.2 Å². The quantitative estimate of drug-likeness (QED) is 0.605. The number of sulfone groups is 1.